The number of hydrogen-bond acceptors (Lipinski definition) is 5. The predicted octanol–water partition coefficient (Wildman–Crippen LogP) is 2.50. The van der Waals surface area contributed by atoms with Crippen LogP contribution in [-0.2, 0) is 15.1 Å². The molecule has 0 radical (unpaired) electrons. The third kappa shape index (κ3) is 3.67. The number of carbonyl (C=O) groups excluding carboxylic acids is 1. The van der Waals surface area contributed by atoms with E-state index in [0.29, 0.717) is 23.5 Å². The average Bonchev–Trinajstić information content (AvgIpc) is 2.47. The lowest BCUT2D eigenvalue weighted by molar-refractivity contribution is -0.158. The second-order valence-electron chi connectivity index (χ2n) is 4.93. The highest BCUT2D eigenvalue weighted by atomic mass is 16.5. The van der Waals surface area contributed by atoms with E-state index in [0.717, 1.165) is 0 Å². The molecule has 1 aromatic rings. The summed E-state index contributed by atoms with van der Waals surface area (Å²) in [6.07, 6.45) is 0.451. The summed E-state index contributed by atoms with van der Waals surface area (Å²) in [5.74, 6) is -0.0123. The predicted molar refractivity (Wildman–Crippen MR) is 79.5 cm³/mol. The van der Waals surface area contributed by atoms with E-state index in [2.05, 4.69) is 0 Å². The Morgan fingerprint density at radius 2 is 1.95 bits per heavy atom. The van der Waals surface area contributed by atoms with Crippen LogP contribution in [0.15, 0.2) is 18.2 Å². The van der Waals surface area contributed by atoms with Crippen molar-refractivity contribution in [2.24, 2.45) is 5.92 Å². The van der Waals surface area contributed by atoms with Crippen molar-refractivity contribution in [1.82, 2.24) is 0 Å². The minimum atomic E-state index is -1.42. The molecule has 0 amide bonds. The fourth-order valence-electron chi connectivity index (χ4n) is 2.43. The number of esters is 1. The van der Waals surface area contributed by atoms with Gasteiger partial charge in [-0.2, -0.15) is 0 Å². The van der Waals surface area contributed by atoms with Crippen molar-refractivity contribution in [2.45, 2.75) is 32.8 Å². The fraction of sp³-hybridized carbons (Fsp3) is 0.562. The third-order valence-electron chi connectivity index (χ3n) is 3.61. The molecular formula is C16H24O5. The van der Waals surface area contributed by atoms with Crippen LogP contribution in [0.2, 0.25) is 0 Å². The fourth-order valence-corrected chi connectivity index (χ4v) is 2.43. The van der Waals surface area contributed by atoms with Gasteiger partial charge in [-0.25, -0.2) is 0 Å². The number of aliphatic hydroxyl groups is 1. The maximum atomic E-state index is 12.1. The van der Waals surface area contributed by atoms with Gasteiger partial charge in [0.05, 0.1) is 26.7 Å². The molecule has 21 heavy (non-hydrogen) atoms. The molecule has 0 saturated heterocycles. The Morgan fingerprint density at radius 3 is 2.43 bits per heavy atom. The molecule has 0 aromatic heterocycles. The number of hydrogen-bond donors (Lipinski definition) is 1. The van der Waals surface area contributed by atoms with Crippen molar-refractivity contribution in [2.75, 3.05) is 20.8 Å². The Morgan fingerprint density at radius 1 is 1.29 bits per heavy atom. The molecule has 118 valence electrons. The van der Waals surface area contributed by atoms with Gasteiger partial charge in [-0.15, -0.1) is 0 Å². The summed E-state index contributed by atoms with van der Waals surface area (Å²) in [5.41, 5.74) is -0.912. The Labute approximate surface area is 125 Å². The first-order valence-electron chi connectivity index (χ1n) is 7.03. The number of rotatable bonds is 7. The molecule has 5 nitrogen and oxygen atoms in total. The maximum absolute atomic E-state index is 12.1. The Hall–Kier alpha value is -1.75. The Bertz CT molecular complexity index is 482. The van der Waals surface area contributed by atoms with Gasteiger partial charge in [0.2, 0.25) is 0 Å². The summed E-state index contributed by atoms with van der Waals surface area (Å²) in [4.78, 5) is 12.1. The van der Waals surface area contributed by atoms with E-state index in [1.54, 1.807) is 39.2 Å². The summed E-state index contributed by atoms with van der Waals surface area (Å²) >= 11 is 0. The van der Waals surface area contributed by atoms with Gasteiger partial charge in [0.25, 0.3) is 0 Å². The molecule has 1 N–H and O–H groups in total. The zero-order chi connectivity index (χ0) is 16.0. The van der Waals surface area contributed by atoms with Gasteiger partial charge in [0, 0.05) is 5.56 Å². The van der Waals surface area contributed by atoms with Crippen LogP contribution < -0.4 is 9.47 Å². The van der Waals surface area contributed by atoms with E-state index in [9.17, 15) is 9.90 Å². The maximum Gasteiger partial charge on any atom is 0.312 e. The minimum absolute atomic E-state index is 0.278. The zero-order valence-corrected chi connectivity index (χ0v) is 13.3. The molecular weight excluding hydrogens is 272 g/mol. The number of methoxy groups -OCH3 is 2. The van der Waals surface area contributed by atoms with Crippen LogP contribution in [0.25, 0.3) is 0 Å². The normalized spacial score (nSPS) is 15.0. The summed E-state index contributed by atoms with van der Waals surface area (Å²) in [6, 6.07) is 5.13. The Kier molecular flexibility index (Phi) is 6.03. The quantitative estimate of drug-likeness (QED) is 0.783. The van der Waals surface area contributed by atoms with E-state index in [1.165, 1.54) is 7.11 Å². The summed E-state index contributed by atoms with van der Waals surface area (Å²) < 4.78 is 15.5. The summed E-state index contributed by atoms with van der Waals surface area (Å²) in [6.45, 7) is 5.45. The van der Waals surface area contributed by atoms with Gasteiger partial charge in [0.1, 0.15) is 17.1 Å². The third-order valence-corrected chi connectivity index (χ3v) is 3.61. The van der Waals surface area contributed by atoms with Gasteiger partial charge in [-0.05, 0) is 38.5 Å². The van der Waals surface area contributed by atoms with Crippen LogP contribution in [0, 0.1) is 5.92 Å². The van der Waals surface area contributed by atoms with Crippen molar-refractivity contribution in [3.63, 3.8) is 0 Å². The molecule has 5 heteroatoms. The smallest absolute Gasteiger partial charge is 0.312 e. The number of ether oxygens (including phenoxy) is 3. The molecule has 0 spiro atoms. The van der Waals surface area contributed by atoms with E-state index in [-0.39, 0.29) is 6.61 Å². The van der Waals surface area contributed by atoms with Gasteiger partial charge >= 0.3 is 5.97 Å². The molecule has 0 aliphatic rings. The van der Waals surface area contributed by atoms with E-state index in [4.69, 9.17) is 14.2 Å². The van der Waals surface area contributed by atoms with Crippen LogP contribution in [0.4, 0.5) is 0 Å². The van der Waals surface area contributed by atoms with Crippen LogP contribution in [-0.4, -0.2) is 31.9 Å². The van der Waals surface area contributed by atoms with Crippen LogP contribution in [0.3, 0.4) is 0 Å². The monoisotopic (exact) mass is 296 g/mol. The molecule has 0 aliphatic heterocycles. The van der Waals surface area contributed by atoms with Crippen LogP contribution in [0.5, 0.6) is 11.5 Å². The molecule has 0 fully saturated rings. The van der Waals surface area contributed by atoms with E-state index in [1.807, 2.05) is 6.92 Å². The number of carbonyl (C=O) groups is 1. The van der Waals surface area contributed by atoms with Gasteiger partial charge in [-0.1, -0.05) is 6.92 Å². The zero-order valence-electron chi connectivity index (χ0n) is 13.3. The van der Waals surface area contributed by atoms with Crippen molar-refractivity contribution < 1.29 is 24.1 Å². The van der Waals surface area contributed by atoms with Crippen molar-refractivity contribution >= 4 is 5.97 Å². The lowest BCUT2D eigenvalue weighted by Gasteiger charge is -2.32. The largest absolute Gasteiger partial charge is 0.497 e. The Balaban J connectivity index is 3.29. The molecule has 1 aromatic carbocycles. The van der Waals surface area contributed by atoms with Gasteiger partial charge < -0.3 is 19.3 Å². The van der Waals surface area contributed by atoms with Crippen molar-refractivity contribution in [3.05, 3.63) is 23.8 Å². The van der Waals surface area contributed by atoms with Crippen molar-refractivity contribution in [3.8, 4) is 11.5 Å². The second kappa shape index (κ2) is 7.31. The minimum Gasteiger partial charge on any atom is -0.497 e. The molecule has 1 rings (SSSR count). The molecule has 0 saturated carbocycles. The lowest BCUT2D eigenvalue weighted by Crippen LogP contribution is -2.38. The van der Waals surface area contributed by atoms with E-state index < -0.39 is 17.5 Å². The van der Waals surface area contributed by atoms with Crippen LogP contribution in [0.1, 0.15) is 32.8 Å². The number of benzene rings is 1. The molecule has 0 bridgehead atoms. The molecule has 2 unspecified atom stereocenters. The summed E-state index contributed by atoms with van der Waals surface area (Å²) in [5, 5.41) is 10.9. The topological polar surface area (TPSA) is 65.0 Å². The van der Waals surface area contributed by atoms with Gasteiger partial charge in [-0.3, -0.25) is 4.79 Å². The lowest BCUT2D eigenvalue weighted by atomic mass is 9.80. The highest BCUT2D eigenvalue weighted by Crippen LogP contribution is 2.39. The average molecular weight is 296 g/mol. The van der Waals surface area contributed by atoms with Gasteiger partial charge in [0.15, 0.2) is 0 Å². The SMILES string of the molecule is CCOC(=O)C(CC)C(C)(O)c1cc(OC)ccc1OC. The highest BCUT2D eigenvalue weighted by Gasteiger charge is 2.40. The van der Waals surface area contributed by atoms with E-state index >= 15 is 0 Å². The first kappa shape index (κ1) is 17.3. The molecule has 0 heterocycles. The highest BCUT2D eigenvalue weighted by molar-refractivity contribution is 5.74. The van der Waals surface area contributed by atoms with Crippen LogP contribution >= 0.6 is 0 Å². The first-order chi connectivity index (χ1) is 9.92. The first-order valence-corrected chi connectivity index (χ1v) is 7.03. The second-order valence-corrected chi connectivity index (χ2v) is 4.93. The van der Waals surface area contributed by atoms with Crippen molar-refractivity contribution in [1.29, 1.82) is 0 Å². The molecule has 0 aliphatic carbocycles. The standard InChI is InChI=1S/C16H24O5/c1-6-12(15(17)21-7-2)16(3,18)13-10-11(19-4)8-9-14(13)20-5/h8-10,12,18H,6-7H2,1-5H3. The molecule has 2 atom stereocenters. The summed E-state index contributed by atoms with van der Waals surface area (Å²) in [7, 11) is 3.07.